The van der Waals surface area contributed by atoms with Crippen LogP contribution in [-0.4, -0.2) is 41.7 Å². The summed E-state index contributed by atoms with van der Waals surface area (Å²) < 4.78 is 0. The molecule has 3 N–H and O–H groups in total. The van der Waals surface area contributed by atoms with Gasteiger partial charge >= 0.3 is 0 Å². The second-order valence-corrected chi connectivity index (χ2v) is 6.10. The van der Waals surface area contributed by atoms with Crippen molar-refractivity contribution in [3.8, 4) is 0 Å². The molecule has 0 saturated heterocycles. The first-order valence-electron chi connectivity index (χ1n) is 7.10. The Morgan fingerprint density at radius 1 is 1.39 bits per heavy atom. The van der Waals surface area contributed by atoms with Crippen LogP contribution >= 0.6 is 0 Å². The molecule has 0 unspecified atom stereocenters. The van der Waals surface area contributed by atoms with E-state index in [1.807, 2.05) is 4.90 Å². The number of nitrogens with two attached hydrogens (primary N) is 1. The van der Waals surface area contributed by atoms with E-state index in [-0.39, 0.29) is 17.9 Å². The topological polar surface area (TPSA) is 66.6 Å². The van der Waals surface area contributed by atoms with Crippen molar-refractivity contribution in [3.05, 3.63) is 0 Å². The van der Waals surface area contributed by atoms with Gasteiger partial charge in [0.2, 0.25) is 5.91 Å². The number of carbonyl (C=O) groups is 1. The number of aliphatic hydroxyl groups is 1. The van der Waals surface area contributed by atoms with Crippen LogP contribution in [0.25, 0.3) is 0 Å². The van der Waals surface area contributed by atoms with Crippen LogP contribution in [0.3, 0.4) is 0 Å². The van der Waals surface area contributed by atoms with E-state index in [9.17, 15) is 4.79 Å². The van der Waals surface area contributed by atoms with Gasteiger partial charge in [0, 0.05) is 19.0 Å². The summed E-state index contributed by atoms with van der Waals surface area (Å²) in [6.45, 7) is 5.54. The van der Waals surface area contributed by atoms with Gasteiger partial charge in [-0.05, 0) is 44.1 Å². The SMILES string of the molecule is CC(C)(CCN)CCC(=O)N(CCO)C1CCC1. The summed E-state index contributed by atoms with van der Waals surface area (Å²) in [5, 5.41) is 9.06. The van der Waals surface area contributed by atoms with Gasteiger partial charge < -0.3 is 15.7 Å². The normalized spacial score (nSPS) is 16.4. The van der Waals surface area contributed by atoms with Crippen molar-refractivity contribution >= 4 is 5.91 Å². The molecule has 0 aromatic rings. The van der Waals surface area contributed by atoms with Crippen molar-refractivity contribution < 1.29 is 9.90 Å². The Bertz CT molecular complexity index is 263. The van der Waals surface area contributed by atoms with Crippen LogP contribution in [0.4, 0.5) is 0 Å². The standard InChI is InChI=1S/C14H28N2O2/c1-14(2,8-9-15)7-6-13(18)16(10-11-17)12-4-3-5-12/h12,17H,3-11,15H2,1-2H3. The lowest BCUT2D eigenvalue weighted by Gasteiger charge is -2.38. The van der Waals surface area contributed by atoms with E-state index >= 15 is 0 Å². The number of aliphatic hydroxyl groups excluding tert-OH is 1. The first-order chi connectivity index (χ1) is 8.50. The molecule has 1 aliphatic rings. The molecule has 1 amide bonds. The molecule has 0 aromatic carbocycles. The van der Waals surface area contributed by atoms with Crippen LogP contribution in [0.15, 0.2) is 0 Å². The lowest BCUT2D eigenvalue weighted by Crippen LogP contribution is -2.45. The highest BCUT2D eigenvalue weighted by Gasteiger charge is 2.29. The Hall–Kier alpha value is -0.610. The Balaban J connectivity index is 2.41. The minimum absolute atomic E-state index is 0.0639. The van der Waals surface area contributed by atoms with Gasteiger partial charge in [-0.15, -0.1) is 0 Å². The molecule has 4 heteroatoms. The molecular weight excluding hydrogens is 228 g/mol. The summed E-state index contributed by atoms with van der Waals surface area (Å²) in [4.78, 5) is 14.1. The van der Waals surface area contributed by atoms with Crippen LogP contribution in [0.1, 0.15) is 52.4 Å². The van der Waals surface area contributed by atoms with E-state index < -0.39 is 0 Å². The number of rotatable bonds is 8. The molecule has 1 fully saturated rings. The Morgan fingerprint density at radius 2 is 2.06 bits per heavy atom. The molecule has 0 atom stereocenters. The van der Waals surface area contributed by atoms with E-state index in [0.717, 1.165) is 25.7 Å². The second kappa shape index (κ2) is 7.10. The molecule has 0 bridgehead atoms. The van der Waals surface area contributed by atoms with Crippen molar-refractivity contribution in [2.24, 2.45) is 11.1 Å². The number of carbonyl (C=O) groups excluding carboxylic acids is 1. The minimum Gasteiger partial charge on any atom is -0.395 e. The van der Waals surface area contributed by atoms with Crippen molar-refractivity contribution in [2.45, 2.75) is 58.4 Å². The third-order valence-corrected chi connectivity index (χ3v) is 4.01. The summed E-state index contributed by atoms with van der Waals surface area (Å²) in [5.41, 5.74) is 5.71. The highest BCUT2D eigenvalue weighted by atomic mass is 16.3. The Kier molecular flexibility index (Phi) is 6.09. The zero-order valence-electron chi connectivity index (χ0n) is 11.8. The third kappa shape index (κ3) is 4.58. The predicted octanol–water partition coefficient (Wildman–Crippen LogP) is 1.52. The molecule has 0 spiro atoms. The first-order valence-corrected chi connectivity index (χ1v) is 7.10. The molecule has 1 saturated carbocycles. The van der Waals surface area contributed by atoms with E-state index in [1.165, 1.54) is 6.42 Å². The van der Waals surface area contributed by atoms with E-state index in [2.05, 4.69) is 13.8 Å². The maximum atomic E-state index is 12.2. The molecule has 0 heterocycles. The van der Waals surface area contributed by atoms with Gasteiger partial charge in [0.25, 0.3) is 0 Å². The van der Waals surface area contributed by atoms with Gasteiger partial charge in [0.15, 0.2) is 0 Å². The minimum atomic E-state index is 0.0639. The Morgan fingerprint density at radius 3 is 2.50 bits per heavy atom. The van der Waals surface area contributed by atoms with Crippen LogP contribution < -0.4 is 5.73 Å². The van der Waals surface area contributed by atoms with Crippen LogP contribution in [0, 0.1) is 5.41 Å². The summed E-state index contributed by atoms with van der Waals surface area (Å²) >= 11 is 0. The maximum absolute atomic E-state index is 12.2. The highest BCUT2D eigenvalue weighted by Crippen LogP contribution is 2.29. The van der Waals surface area contributed by atoms with Crippen molar-refractivity contribution in [1.82, 2.24) is 4.90 Å². The van der Waals surface area contributed by atoms with E-state index in [4.69, 9.17) is 10.8 Å². The zero-order chi connectivity index (χ0) is 13.6. The summed E-state index contributed by atoms with van der Waals surface area (Å²) in [6, 6.07) is 0.377. The third-order valence-electron chi connectivity index (χ3n) is 4.01. The fourth-order valence-corrected chi connectivity index (χ4v) is 2.42. The Labute approximate surface area is 111 Å². The average molecular weight is 256 g/mol. The number of nitrogens with zero attached hydrogens (tertiary/aromatic N) is 1. The van der Waals surface area contributed by atoms with Gasteiger partial charge in [-0.3, -0.25) is 4.79 Å². The number of hydrogen-bond donors (Lipinski definition) is 2. The molecule has 4 nitrogen and oxygen atoms in total. The summed E-state index contributed by atoms with van der Waals surface area (Å²) in [7, 11) is 0. The van der Waals surface area contributed by atoms with Crippen molar-refractivity contribution in [2.75, 3.05) is 19.7 Å². The van der Waals surface area contributed by atoms with Crippen LogP contribution in [0.5, 0.6) is 0 Å². The van der Waals surface area contributed by atoms with Gasteiger partial charge in [-0.1, -0.05) is 13.8 Å². The lowest BCUT2D eigenvalue weighted by atomic mass is 9.84. The number of amides is 1. The molecule has 18 heavy (non-hydrogen) atoms. The van der Waals surface area contributed by atoms with Gasteiger partial charge in [0.1, 0.15) is 0 Å². The number of hydrogen-bond acceptors (Lipinski definition) is 3. The highest BCUT2D eigenvalue weighted by molar-refractivity contribution is 5.76. The van der Waals surface area contributed by atoms with Crippen molar-refractivity contribution in [1.29, 1.82) is 0 Å². The average Bonchev–Trinajstić information content (AvgIpc) is 2.23. The fourth-order valence-electron chi connectivity index (χ4n) is 2.42. The second-order valence-electron chi connectivity index (χ2n) is 6.10. The first kappa shape index (κ1) is 15.4. The van der Waals surface area contributed by atoms with Gasteiger partial charge in [-0.25, -0.2) is 0 Å². The lowest BCUT2D eigenvalue weighted by molar-refractivity contribution is -0.136. The monoisotopic (exact) mass is 256 g/mol. The quantitative estimate of drug-likeness (QED) is 0.692. The molecule has 0 aromatic heterocycles. The summed E-state index contributed by atoms with van der Waals surface area (Å²) in [6.07, 6.45) is 5.79. The van der Waals surface area contributed by atoms with Crippen molar-refractivity contribution in [3.63, 3.8) is 0 Å². The van der Waals surface area contributed by atoms with E-state index in [1.54, 1.807) is 0 Å². The van der Waals surface area contributed by atoms with Gasteiger partial charge in [-0.2, -0.15) is 0 Å². The molecule has 106 valence electrons. The molecule has 1 rings (SSSR count). The maximum Gasteiger partial charge on any atom is 0.222 e. The van der Waals surface area contributed by atoms with Gasteiger partial charge in [0.05, 0.1) is 6.61 Å². The van der Waals surface area contributed by atoms with Crippen LogP contribution in [0.2, 0.25) is 0 Å². The smallest absolute Gasteiger partial charge is 0.222 e. The summed E-state index contributed by atoms with van der Waals surface area (Å²) in [5.74, 6) is 0.193. The fraction of sp³-hybridized carbons (Fsp3) is 0.929. The van der Waals surface area contributed by atoms with E-state index in [0.29, 0.717) is 25.6 Å². The molecule has 0 aliphatic heterocycles. The zero-order valence-corrected chi connectivity index (χ0v) is 11.8. The molecule has 1 aliphatic carbocycles. The predicted molar refractivity (Wildman–Crippen MR) is 73.1 cm³/mol. The molecule has 0 radical (unpaired) electrons. The largest absolute Gasteiger partial charge is 0.395 e. The molecular formula is C14H28N2O2. The van der Waals surface area contributed by atoms with Crippen LogP contribution in [-0.2, 0) is 4.79 Å².